The van der Waals surface area contributed by atoms with E-state index in [9.17, 15) is 0 Å². The quantitative estimate of drug-likeness (QED) is 0.740. The van der Waals surface area contributed by atoms with Crippen LogP contribution in [0.5, 0.6) is 5.75 Å². The van der Waals surface area contributed by atoms with Crippen molar-refractivity contribution in [1.29, 1.82) is 0 Å². The number of imidazole rings is 1. The van der Waals surface area contributed by atoms with E-state index in [1.54, 1.807) is 6.20 Å². The maximum Gasteiger partial charge on any atom is 0.123 e. The Labute approximate surface area is 88.3 Å². The number of ether oxygens (including phenoxy) is 1. The summed E-state index contributed by atoms with van der Waals surface area (Å²) in [5.41, 5.74) is 1.31. The van der Waals surface area contributed by atoms with Crippen molar-refractivity contribution in [2.24, 2.45) is 0 Å². The minimum absolute atomic E-state index is 0.247. The van der Waals surface area contributed by atoms with Crippen LogP contribution in [0.3, 0.4) is 0 Å². The summed E-state index contributed by atoms with van der Waals surface area (Å²) in [5, 5.41) is 0. The predicted molar refractivity (Wildman–Crippen MR) is 56.8 cm³/mol. The molecule has 3 heteroatoms. The molecule has 1 aliphatic rings. The molecular formula is C12H12N2O. The molecule has 0 saturated carbocycles. The van der Waals surface area contributed by atoms with Crippen LogP contribution in [-0.2, 0) is 13.0 Å². The molecule has 0 bridgehead atoms. The van der Waals surface area contributed by atoms with E-state index in [2.05, 4.69) is 21.7 Å². The van der Waals surface area contributed by atoms with Gasteiger partial charge in [-0.05, 0) is 11.6 Å². The van der Waals surface area contributed by atoms with Crippen LogP contribution in [0.4, 0.5) is 0 Å². The Bertz CT molecular complexity index is 423. The molecule has 1 unspecified atom stereocenters. The molecule has 0 saturated heterocycles. The molecule has 76 valence electrons. The molecule has 0 spiro atoms. The van der Waals surface area contributed by atoms with E-state index < -0.39 is 0 Å². The second kappa shape index (κ2) is 3.42. The molecule has 2 heterocycles. The van der Waals surface area contributed by atoms with E-state index in [4.69, 9.17) is 4.74 Å². The summed E-state index contributed by atoms with van der Waals surface area (Å²) in [6, 6.07) is 8.23. The Hall–Kier alpha value is -1.77. The average molecular weight is 200 g/mol. The van der Waals surface area contributed by atoms with Crippen molar-refractivity contribution < 1.29 is 4.74 Å². The molecule has 1 aromatic carbocycles. The second-order valence-corrected chi connectivity index (χ2v) is 3.81. The Morgan fingerprint density at radius 1 is 1.40 bits per heavy atom. The highest BCUT2D eigenvalue weighted by Crippen LogP contribution is 2.28. The summed E-state index contributed by atoms with van der Waals surface area (Å²) in [6.07, 6.45) is 6.83. The lowest BCUT2D eigenvalue weighted by atomic mass is 10.1. The smallest absolute Gasteiger partial charge is 0.123 e. The van der Waals surface area contributed by atoms with Gasteiger partial charge in [0, 0.05) is 18.8 Å². The third-order valence-corrected chi connectivity index (χ3v) is 2.69. The molecule has 15 heavy (non-hydrogen) atoms. The lowest BCUT2D eigenvalue weighted by Crippen LogP contribution is -2.19. The zero-order valence-corrected chi connectivity index (χ0v) is 8.34. The first-order valence-electron chi connectivity index (χ1n) is 5.12. The van der Waals surface area contributed by atoms with E-state index in [-0.39, 0.29) is 6.10 Å². The molecule has 3 rings (SSSR count). The fourth-order valence-corrected chi connectivity index (χ4v) is 1.99. The topological polar surface area (TPSA) is 27.1 Å². The van der Waals surface area contributed by atoms with Gasteiger partial charge >= 0.3 is 0 Å². The van der Waals surface area contributed by atoms with Gasteiger partial charge in [0.05, 0.1) is 12.9 Å². The van der Waals surface area contributed by atoms with Gasteiger partial charge in [-0.25, -0.2) is 4.98 Å². The first kappa shape index (κ1) is 8.53. The van der Waals surface area contributed by atoms with Gasteiger partial charge in [0.15, 0.2) is 0 Å². The van der Waals surface area contributed by atoms with Gasteiger partial charge in [0.1, 0.15) is 11.9 Å². The summed E-state index contributed by atoms with van der Waals surface area (Å²) in [6.45, 7) is 0.870. The summed E-state index contributed by atoms with van der Waals surface area (Å²) in [5.74, 6) is 1.03. The fraction of sp³-hybridized carbons (Fsp3) is 0.250. The van der Waals surface area contributed by atoms with E-state index in [0.29, 0.717) is 0 Å². The van der Waals surface area contributed by atoms with Crippen molar-refractivity contribution in [3.63, 3.8) is 0 Å². The molecule has 2 aromatic rings. The predicted octanol–water partition coefficient (Wildman–Crippen LogP) is 1.89. The number of hydrogen-bond donors (Lipinski definition) is 0. The van der Waals surface area contributed by atoms with Crippen LogP contribution < -0.4 is 4.74 Å². The lowest BCUT2D eigenvalue weighted by molar-refractivity contribution is 0.209. The summed E-state index contributed by atoms with van der Waals surface area (Å²) < 4.78 is 7.88. The molecule has 3 nitrogen and oxygen atoms in total. The maximum absolute atomic E-state index is 5.83. The number of benzene rings is 1. The van der Waals surface area contributed by atoms with Gasteiger partial charge < -0.3 is 9.30 Å². The Morgan fingerprint density at radius 2 is 2.33 bits per heavy atom. The van der Waals surface area contributed by atoms with E-state index in [1.165, 1.54) is 5.56 Å². The monoisotopic (exact) mass is 200 g/mol. The molecule has 1 atom stereocenters. The van der Waals surface area contributed by atoms with Crippen LogP contribution in [0.2, 0.25) is 0 Å². The molecule has 1 aromatic heterocycles. The summed E-state index contributed by atoms with van der Waals surface area (Å²) in [7, 11) is 0. The molecule has 0 amide bonds. The van der Waals surface area contributed by atoms with E-state index in [1.807, 2.05) is 24.7 Å². The first-order valence-corrected chi connectivity index (χ1v) is 5.12. The van der Waals surface area contributed by atoms with Crippen molar-refractivity contribution in [2.75, 3.05) is 0 Å². The van der Waals surface area contributed by atoms with Crippen molar-refractivity contribution >= 4 is 0 Å². The Morgan fingerprint density at radius 3 is 3.13 bits per heavy atom. The second-order valence-electron chi connectivity index (χ2n) is 3.81. The number of fused-ring (bicyclic) bond motifs is 1. The van der Waals surface area contributed by atoms with E-state index in [0.717, 1.165) is 18.7 Å². The van der Waals surface area contributed by atoms with Gasteiger partial charge in [-0.15, -0.1) is 0 Å². The van der Waals surface area contributed by atoms with Crippen LogP contribution in [0.15, 0.2) is 43.0 Å². The van der Waals surface area contributed by atoms with Crippen LogP contribution >= 0.6 is 0 Å². The highest BCUT2D eigenvalue weighted by atomic mass is 16.5. The van der Waals surface area contributed by atoms with Crippen molar-refractivity contribution in [3.05, 3.63) is 48.5 Å². The van der Waals surface area contributed by atoms with Crippen LogP contribution in [-0.4, -0.2) is 15.7 Å². The van der Waals surface area contributed by atoms with Crippen LogP contribution in [0, 0.1) is 0 Å². The zero-order chi connectivity index (χ0) is 10.1. The first-order chi connectivity index (χ1) is 7.42. The Kier molecular flexibility index (Phi) is 1.95. The standard InChI is InChI=1S/C12H12N2O/c1-2-4-12-10(3-1)7-11(15-12)8-14-6-5-13-9-14/h1-6,9,11H,7-8H2. The SMILES string of the molecule is c1ccc2c(c1)CC(Cn1ccnc1)O2. The van der Waals surface area contributed by atoms with Gasteiger partial charge in [-0.1, -0.05) is 18.2 Å². The van der Waals surface area contributed by atoms with Gasteiger partial charge in [-0.2, -0.15) is 0 Å². The van der Waals surface area contributed by atoms with E-state index >= 15 is 0 Å². The summed E-state index contributed by atoms with van der Waals surface area (Å²) in [4.78, 5) is 4.02. The number of para-hydroxylation sites is 1. The molecule has 0 N–H and O–H groups in total. The average Bonchev–Trinajstić information content (AvgIpc) is 2.86. The Balaban J connectivity index is 1.74. The third kappa shape index (κ3) is 1.61. The zero-order valence-electron chi connectivity index (χ0n) is 8.34. The fourth-order valence-electron chi connectivity index (χ4n) is 1.99. The maximum atomic E-state index is 5.83. The minimum atomic E-state index is 0.247. The number of aromatic nitrogens is 2. The number of nitrogens with zero attached hydrogens (tertiary/aromatic N) is 2. The highest BCUT2D eigenvalue weighted by molar-refractivity contribution is 5.37. The minimum Gasteiger partial charge on any atom is -0.488 e. The van der Waals surface area contributed by atoms with Crippen molar-refractivity contribution in [1.82, 2.24) is 9.55 Å². The van der Waals surface area contributed by atoms with Gasteiger partial charge in [0.2, 0.25) is 0 Å². The largest absolute Gasteiger partial charge is 0.488 e. The van der Waals surface area contributed by atoms with Crippen LogP contribution in [0.1, 0.15) is 5.56 Å². The lowest BCUT2D eigenvalue weighted by Gasteiger charge is -2.10. The van der Waals surface area contributed by atoms with Crippen molar-refractivity contribution in [2.45, 2.75) is 19.1 Å². The molecule has 0 fully saturated rings. The molecule has 0 aliphatic carbocycles. The normalized spacial score (nSPS) is 18.5. The molecular weight excluding hydrogens is 188 g/mol. The van der Waals surface area contributed by atoms with Crippen LogP contribution in [0.25, 0.3) is 0 Å². The third-order valence-electron chi connectivity index (χ3n) is 2.69. The summed E-state index contributed by atoms with van der Waals surface area (Å²) >= 11 is 0. The van der Waals surface area contributed by atoms with Gasteiger partial charge in [-0.3, -0.25) is 0 Å². The number of hydrogen-bond acceptors (Lipinski definition) is 2. The number of rotatable bonds is 2. The molecule has 0 radical (unpaired) electrons. The van der Waals surface area contributed by atoms with Gasteiger partial charge in [0.25, 0.3) is 0 Å². The van der Waals surface area contributed by atoms with Crippen molar-refractivity contribution in [3.8, 4) is 5.75 Å². The highest BCUT2D eigenvalue weighted by Gasteiger charge is 2.22. The molecule has 1 aliphatic heterocycles.